The summed E-state index contributed by atoms with van der Waals surface area (Å²) in [7, 11) is 2.73. The van der Waals surface area contributed by atoms with E-state index in [0.29, 0.717) is 0 Å². The summed E-state index contributed by atoms with van der Waals surface area (Å²) < 4.78 is 32.4. The van der Waals surface area contributed by atoms with E-state index in [1.165, 1.54) is 33.4 Å². The topological polar surface area (TPSA) is 166 Å². The highest BCUT2D eigenvalue weighted by molar-refractivity contribution is 5.99. The summed E-state index contributed by atoms with van der Waals surface area (Å²) in [6, 6.07) is 8.95. The van der Waals surface area contributed by atoms with E-state index in [2.05, 4.69) is 10.3 Å². The Morgan fingerprint density at radius 1 is 1.05 bits per heavy atom. The number of amides is 1. The van der Waals surface area contributed by atoms with Crippen molar-refractivity contribution < 1.29 is 52.4 Å². The van der Waals surface area contributed by atoms with E-state index < -0.39 is 66.0 Å². The predicted octanol–water partition coefficient (Wildman–Crippen LogP) is 2.44. The number of ether oxygens (including phenoxy) is 6. The Balaban J connectivity index is 1.89. The first-order chi connectivity index (χ1) is 20.8. The number of nitrogens with one attached hydrogen (secondary N) is 1. The van der Waals surface area contributed by atoms with Gasteiger partial charge in [-0.05, 0) is 39.7 Å². The van der Waals surface area contributed by atoms with Crippen molar-refractivity contribution in [3.05, 3.63) is 53.9 Å². The molecule has 2 aromatic rings. The molecule has 0 saturated carbocycles. The smallest absolute Gasteiger partial charge is 0.332 e. The summed E-state index contributed by atoms with van der Waals surface area (Å²) in [6.07, 6.45) is -1.01. The molecule has 13 nitrogen and oxygen atoms in total. The van der Waals surface area contributed by atoms with Gasteiger partial charge in [0.15, 0.2) is 23.6 Å². The highest BCUT2D eigenvalue weighted by atomic mass is 16.6. The third kappa shape index (κ3) is 8.99. The molecule has 1 aromatic heterocycles. The molecule has 1 aromatic carbocycles. The number of nitrogens with zero attached hydrogens (tertiary/aromatic N) is 1. The molecule has 3 rings (SSSR count). The monoisotopic (exact) mass is 614 g/mol. The van der Waals surface area contributed by atoms with E-state index in [9.17, 15) is 24.0 Å². The third-order valence-corrected chi connectivity index (χ3v) is 6.63. The first-order valence-electron chi connectivity index (χ1n) is 14.0. The molecular weight excluding hydrogens is 576 g/mol. The second-order valence-electron chi connectivity index (χ2n) is 11.1. The molecule has 1 aliphatic rings. The van der Waals surface area contributed by atoms with Gasteiger partial charge in [0.1, 0.15) is 18.6 Å². The van der Waals surface area contributed by atoms with Crippen LogP contribution in [-0.4, -0.2) is 80.5 Å². The van der Waals surface area contributed by atoms with Gasteiger partial charge < -0.3 is 33.7 Å². The maximum Gasteiger partial charge on any atom is 0.332 e. The van der Waals surface area contributed by atoms with Crippen LogP contribution in [0.25, 0.3) is 0 Å². The molecule has 4 atom stereocenters. The van der Waals surface area contributed by atoms with Crippen LogP contribution in [0.15, 0.2) is 42.6 Å². The lowest BCUT2D eigenvalue weighted by Gasteiger charge is -2.31. The molecule has 0 aliphatic carbocycles. The third-order valence-electron chi connectivity index (χ3n) is 6.63. The van der Waals surface area contributed by atoms with Crippen molar-refractivity contribution in [2.24, 2.45) is 11.3 Å². The fraction of sp³-hybridized carbons (Fsp3) is 0.484. The Kier molecular flexibility index (Phi) is 11.8. The lowest BCUT2D eigenvalue weighted by molar-refractivity contribution is -0.180. The molecule has 44 heavy (non-hydrogen) atoms. The summed E-state index contributed by atoms with van der Waals surface area (Å²) >= 11 is 0. The van der Waals surface area contributed by atoms with Crippen LogP contribution in [-0.2, 0) is 44.5 Å². The maximum atomic E-state index is 13.5. The number of cyclic esters (lactones) is 2. The number of aromatic nitrogens is 1. The summed E-state index contributed by atoms with van der Waals surface area (Å²) in [4.78, 5) is 69.3. The van der Waals surface area contributed by atoms with Gasteiger partial charge in [0.2, 0.25) is 5.75 Å². The predicted molar refractivity (Wildman–Crippen MR) is 154 cm³/mol. The van der Waals surface area contributed by atoms with E-state index in [4.69, 9.17) is 28.4 Å². The molecular formula is C31H38N2O11. The number of methoxy groups -OCH3 is 2. The molecule has 0 unspecified atom stereocenters. The Bertz CT molecular complexity index is 1340. The number of carbonyl (C=O) groups is 5. The zero-order chi connectivity index (χ0) is 32.4. The van der Waals surface area contributed by atoms with Crippen molar-refractivity contribution >= 4 is 29.8 Å². The van der Waals surface area contributed by atoms with Crippen molar-refractivity contribution in [3.63, 3.8) is 0 Å². The molecule has 1 fully saturated rings. The van der Waals surface area contributed by atoms with Crippen LogP contribution in [0.4, 0.5) is 0 Å². The van der Waals surface area contributed by atoms with Gasteiger partial charge in [0.25, 0.3) is 5.91 Å². The molecule has 0 bridgehead atoms. The Morgan fingerprint density at radius 2 is 1.75 bits per heavy atom. The lowest BCUT2D eigenvalue weighted by atomic mass is 9.90. The zero-order valence-corrected chi connectivity index (χ0v) is 25.6. The molecule has 13 heteroatoms. The van der Waals surface area contributed by atoms with Gasteiger partial charge in [-0.15, -0.1) is 0 Å². The Hall–Kier alpha value is -4.52. The molecule has 1 amide bonds. The molecule has 0 radical (unpaired) electrons. The maximum absolute atomic E-state index is 13.5. The van der Waals surface area contributed by atoms with E-state index in [-0.39, 0.29) is 36.6 Å². The van der Waals surface area contributed by atoms with Crippen molar-refractivity contribution in [1.82, 2.24) is 10.3 Å². The minimum atomic E-state index is -1.48. The number of pyridine rings is 1. The number of benzene rings is 1. The highest BCUT2D eigenvalue weighted by Crippen LogP contribution is 2.31. The SMILES string of the molecule is COCCC(=O)Oc1c(OC)ccnc1C(=O)N[C@H]1COC(=O)[C@H](Cc2ccccc2)[C@@H](OC(=O)C(C)(C)C)[C@H](C)OC1=O. The average molecular weight is 615 g/mol. The molecule has 1 N–H and O–H groups in total. The fourth-order valence-corrected chi connectivity index (χ4v) is 4.21. The van der Waals surface area contributed by atoms with Gasteiger partial charge in [-0.2, -0.15) is 0 Å². The highest BCUT2D eigenvalue weighted by Gasteiger charge is 2.43. The minimum Gasteiger partial charge on any atom is -0.493 e. The first kappa shape index (κ1) is 34.0. The van der Waals surface area contributed by atoms with E-state index >= 15 is 0 Å². The number of carbonyl (C=O) groups excluding carboxylic acids is 5. The lowest BCUT2D eigenvalue weighted by Crippen LogP contribution is -2.47. The van der Waals surface area contributed by atoms with E-state index in [0.717, 1.165) is 5.56 Å². The van der Waals surface area contributed by atoms with Gasteiger partial charge in [-0.1, -0.05) is 30.3 Å². The molecule has 0 spiro atoms. The van der Waals surface area contributed by atoms with Crippen molar-refractivity contribution in [2.75, 3.05) is 27.4 Å². The van der Waals surface area contributed by atoms with E-state index in [1.54, 1.807) is 32.9 Å². The van der Waals surface area contributed by atoms with Gasteiger partial charge in [0, 0.05) is 19.4 Å². The number of hydrogen-bond acceptors (Lipinski definition) is 12. The first-order valence-corrected chi connectivity index (χ1v) is 14.0. The summed E-state index contributed by atoms with van der Waals surface area (Å²) in [5.41, 5.74) is -0.499. The quantitative estimate of drug-likeness (QED) is 0.307. The van der Waals surface area contributed by atoms with E-state index in [1.807, 2.05) is 18.2 Å². The van der Waals surface area contributed by atoms with Crippen LogP contribution in [0.5, 0.6) is 11.5 Å². The molecule has 1 saturated heterocycles. The largest absolute Gasteiger partial charge is 0.493 e. The molecule has 1 aliphatic heterocycles. The van der Waals surface area contributed by atoms with Crippen LogP contribution >= 0.6 is 0 Å². The normalized spacial score (nSPS) is 20.6. The molecule has 238 valence electrons. The van der Waals surface area contributed by atoms with Gasteiger partial charge >= 0.3 is 23.9 Å². The summed E-state index contributed by atoms with van der Waals surface area (Å²) in [5, 5.41) is 2.44. The second kappa shape index (κ2) is 15.3. The molecule has 2 heterocycles. The van der Waals surface area contributed by atoms with Gasteiger partial charge in [0.05, 0.1) is 25.6 Å². The van der Waals surface area contributed by atoms with Crippen LogP contribution in [0.1, 0.15) is 50.2 Å². The Labute approximate surface area is 255 Å². The van der Waals surface area contributed by atoms with Crippen LogP contribution < -0.4 is 14.8 Å². The number of esters is 4. The summed E-state index contributed by atoms with van der Waals surface area (Å²) in [5.74, 6) is -5.20. The zero-order valence-electron chi connectivity index (χ0n) is 25.6. The average Bonchev–Trinajstić information content (AvgIpc) is 3.02. The number of rotatable bonds is 10. The van der Waals surface area contributed by atoms with Crippen molar-refractivity contribution in [2.45, 2.75) is 58.8 Å². The minimum absolute atomic E-state index is 0.0419. The van der Waals surface area contributed by atoms with Crippen LogP contribution in [0, 0.1) is 11.3 Å². The fourth-order valence-electron chi connectivity index (χ4n) is 4.21. The number of hydrogen-bond donors (Lipinski definition) is 1. The van der Waals surface area contributed by atoms with Crippen LogP contribution in [0.3, 0.4) is 0 Å². The second-order valence-corrected chi connectivity index (χ2v) is 11.1. The van der Waals surface area contributed by atoms with Crippen molar-refractivity contribution in [1.29, 1.82) is 0 Å². The summed E-state index contributed by atoms with van der Waals surface area (Å²) in [6.45, 7) is 5.97. The van der Waals surface area contributed by atoms with Crippen LogP contribution in [0.2, 0.25) is 0 Å². The Morgan fingerprint density at radius 3 is 2.39 bits per heavy atom. The van der Waals surface area contributed by atoms with Gasteiger partial charge in [-0.25, -0.2) is 9.78 Å². The van der Waals surface area contributed by atoms with Gasteiger partial charge in [-0.3, -0.25) is 19.2 Å². The standard InChI is InChI=1S/C31H38N2O11/c1-18-25(44-30(38)31(2,3)4)20(16-19-10-8-7-9-11-19)28(36)41-17-21(29(37)42-18)33-27(35)24-26(22(40-6)12-14-32-24)43-23(34)13-15-39-5/h7-12,14,18,20-21,25H,13,15-17H2,1-6H3,(H,33,35)/t18-,20+,21-,25-/m0/s1. The van der Waals surface area contributed by atoms with Crippen molar-refractivity contribution in [3.8, 4) is 11.5 Å².